The fraction of sp³-hybridized carbons (Fsp3) is 0.172. The summed E-state index contributed by atoms with van der Waals surface area (Å²) in [5, 5.41) is 5.73. The molecule has 6 aromatic rings. The summed E-state index contributed by atoms with van der Waals surface area (Å²) in [6.45, 7) is 6.64. The van der Waals surface area contributed by atoms with Crippen molar-refractivity contribution in [1.29, 1.82) is 0 Å². The molecule has 3 nitrogen and oxygen atoms in total. The molecule has 0 amide bonds. The highest BCUT2D eigenvalue weighted by Crippen LogP contribution is 2.40. The zero-order valence-electron chi connectivity index (χ0n) is 18.8. The lowest BCUT2D eigenvalue weighted by Crippen LogP contribution is -2.30. The van der Waals surface area contributed by atoms with Crippen LogP contribution in [-0.4, -0.2) is 4.98 Å². The second-order valence-electron chi connectivity index (χ2n) is 9.04. The Kier molecular flexibility index (Phi) is 4.09. The second kappa shape index (κ2) is 6.89. The molecule has 6 rings (SSSR count). The predicted molar refractivity (Wildman–Crippen MR) is 132 cm³/mol. The first-order valence-corrected chi connectivity index (χ1v) is 11.1. The van der Waals surface area contributed by atoms with E-state index in [1.165, 1.54) is 27.6 Å². The van der Waals surface area contributed by atoms with Gasteiger partial charge in [0.15, 0.2) is 17.4 Å². The minimum absolute atomic E-state index is 0.497. The van der Waals surface area contributed by atoms with Crippen molar-refractivity contribution in [2.75, 3.05) is 0 Å². The van der Waals surface area contributed by atoms with Gasteiger partial charge in [-0.2, -0.15) is 0 Å². The summed E-state index contributed by atoms with van der Waals surface area (Å²) in [4.78, 5) is 4.78. The van der Waals surface area contributed by atoms with E-state index in [1.807, 2.05) is 12.3 Å². The number of hydrogen-bond donors (Lipinski definition) is 0. The van der Waals surface area contributed by atoms with E-state index in [0.717, 1.165) is 38.4 Å². The molecule has 3 heterocycles. The van der Waals surface area contributed by atoms with Crippen LogP contribution in [0.15, 0.2) is 77.5 Å². The molecule has 0 aliphatic heterocycles. The van der Waals surface area contributed by atoms with Gasteiger partial charge < -0.3 is 4.42 Å². The smallest absolute Gasteiger partial charge is 0.224 e. The van der Waals surface area contributed by atoms with Crippen molar-refractivity contribution in [2.45, 2.75) is 26.7 Å². The molecule has 0 aliphatic carbocycles. The molecule has 3 aromatic heterocycles. The summed E-state index contributed by atoms with van der Waals surface area (Å²) in [5.41, 5.74) is 7.53. The topological polar surface area (TPSA) is 29.9 Å². The quantitative estimate of drug-likeness (QED) is 0.279. The molecule has 156 valence electrons. The van der Waals surface area contributed by atoms with Gasteiger partial charge in [0.2, 0.25) is 5.69 Å². The molecule has 3 aromatic carbocycles. The second-order valence-corrected chi connectivity index (χ2v) is 9.04. The van der Waals surface area contributed by atoms with Crippen LogP contribution >= 0.6 is 0 Å². The van der Waals surface area contributed by atoms with Gasteiger partial charge in [0, 0.05) is 28.4 Å². The van der Waals surface area contributed by atoms with Crippen LogP contribution in [0, 0.1) is 6.92 Å². The van der Waals surface area contributed by atoms with Gasteiger partial charge >= 0.3 is 0 Å². The summed E-state index contributed by atoms with van der Waals surface area (Å²) in [6, 6.07) is 21.6. The van der Waals surface area contributed by atoms with E-state index in [1.54, 1.807) is 0 Å². The van der Waals surface area contributed by atoms with Crippen molar-refractivity contribution in [3.8, 4) is 11.3 Å². The van der Waals surface area contributed by atoms with Crippen LogP contribution in [0.4, 0.5) is 0 Å². The maximum atomic E-state index is 6.62. The highest BCUT2D eigenvalue weighted by Gasteiger charge is 2.24. The van der Waals surface area contributed by atoms with Gasteiger partial charge in [0.25, 0.3) is 0 Å². The lowest BCUT2D eigenvalue weighted by molar-refractivity contribution is -0.659. The molecule has 0 atom stereocenters. The SMILES string of the molecule is Cc1ccc2c(oc3c4ccccc4cnc23)c1-c1c2ccc(C(C)C)cc2cc[n+]1C. The van der Waals surface area contributed by atoms with Crippen LogP contribution in [0.5, 0.6) is 0 Å². The van der Waals surface area contributed by atoms with Crippen LogP contribution in [0.1, 0.15) is 30.9 Å². The number of fused-ring (bicyclic) bond motifs is 6. The highest BCUT2D eigenvalue weighted by molar-refractivity contribution is 6.16. The average molecular weight is 418 g/mol. The number of nitrogens with zero attached hydrogens (tertiary/aromatic N) is 2. The Bertz CT molecular complexity index is 1670. The summed E-state index contributed by atoms with van der Waals surface area (Å²) < 4.78 is 8.83. The van der Waals surface area contributed by atoms with E-state index in [-0.39, 0.29) is 0 Å². The van der Waals surface area contributed by atoms with Gasteiger partial charge in [0.1, 0.15) is 12.6 Å². The fourth-order valence-electron chi connectivity index (χ4n) is 4.86. The number of furan rings is 1. The van der Waals surface area contributed by atoms with E-state index in [0.29, 0.717) is 5.92 Å². The molecule has 0 saturated carbocycles. The van der Waals surface area contributed by atoms with Gasteiger partial charge in [-0.05, 0) is 41.5 Å². The number of aryl methyl sites for hydroxylation is 2. The number of benzene rings is 3. The van der Waals surface area contributed by atoms with E-state index in [9.17, 15) is 0 Å². The van der Waals surface area contributed by atoms with Crippen molar-refractivity contribution in [3.63, 3.8) is 0 Å². The largest absolute Gasteiger partial charge is 0.453 e. The van der Waals surface area contributed by atoms with E-state index in [4.69, 9.17) is 9.40 Å². The van der Waals surface area contributed by atoms with E-state index in [2.05, 4.69) is 93.2 Å². The summed E-state index contributed by atoms with van der Waals surface area (Å²) in [5.74, 6) is 0.497. The van der Waals surface area contributed by atoms with Gasteiger partial charge in [-0.25, -0.2) is 4.57 Å². The lowest BCUT2D eigenvalue weighted by Gasteiger charge is -2.11. The zero-order chi connectivity index (χ0) is 22.0. The molecular formula is C29H25N2O+. The van der Waals surface area contributed by atoms with Crippen LogP contribution < -0.4 is 4.57 Å². The Balaban J connectivity index is 1.75. The Morgan fingerprint density at radius 3 is 2.50 bits per heavy atom. The highest BCUT2D eigenvalue weighted by atomic mass is 16.3. The van der Waals surface area contributed by atoms with E-state index >= 15 is 0 Å². The molecule has 32 heavy (non-hydrogen) atoms. The summed E-state index contributed by atoms with van der Waals surface area (Å²) in [6.07, 6.45) is 4.09. The van der Waals surface area contributed by atoms with Crippen molar-refractivity contribution in [1.82, 2.24) is 4.98 Å². The van der Waals surface area contributed by atoms with Crippen LogP contribution in [0.25, 0.3) is 54.9 Å². The van der Waals surface area contributed by atoms with Gasteiger partial charge in [-0.3, -0.25) is 4.98 Å². The Hall–Kier alpha value is -3.72. The van der Waals surface area contributed by atoms with E-state index < -0.39 is 0 Å². The maximum absolute atomic E-state index is 6.62. The Morgan fingerprint density at radius 1 is 0.844 bits per heavy atom. The number of rotatable bonds is 2. The molecule has 3 heteroatoms. The molecular weight excluding hydrogens is 392 g/mol. The maximum Gasteiger partial charge on any atom is 0.224 e. The predicted octanol–water partition coefficient (Wildman–Crippen LogP) is 7.21. The summed E-state index contributed by atoms with van der Waals surface area (Å²) in [7, 11) is 2.11. The molecule has 0 N–H and O–H groups in total. The van der Waals surface area contributed by atoms with Gasteiger partial charge in [0.05, 0.1) is 10.9 Å². The molecule has 0 unspecified atom stereocenters. The molecule has 0 radical (unpaired) electrons. The average Bonchev–Trinajstić information content (AvgIpc) is 3.18. The van der Waals surface area contributed by atoms with Crippen molar-refractivity contribution in [2.24, 2.45) is 7.05 Å². The molecule has 0 bridgehead atoms. The van der Waals surface area contributed by atoms with Crippen LogP contribution in [-0.2, 0) is 7.05 Å². The van der Waals surface area contributed by atoms with Crippen LogP contribution in [0.3, 0.4) is 0 Å². The third kappa shape index (κ3) is 2.67. The third-order valence-electron chi connectivity index (χ3n) is 6.64. The van der Waals surface area contributed by atoms with Crippen molar-refractivity contribution < 1.29 is 8.98 Å². The van der Waals surface area contributed by atoms with Crippen molar-refractivity contribution >= 4 is 43.6 Å². The number of pyridine rings is 2. The molecule has 0 saturated heterocycles. The number of aromatic nitrogens is 2. The summed E-state index contributed by atoms with van der Waals surface area (Å²) >= 11 is 0. The van der Waals surface area contributed by atoms with Gasteiger partial charge in [-0.15, -0.1) is 0 Å². The molecule has 0 fully saturated rings. The Morgan fingerprint density at radius 2 is 1.66 bits per heavy atom. The minimum atomic E-state index is 0.497. The molecule has 0 spiro atoms. The zero-order valence-corrected chi connectivity index (χ0v) is 18.8. The van der Waals surface area contributed by atoms with Gasteiger partial charge in [-0.1, -0.05) is 56.3 Å². The first-order valence-electron chi connectivity index (χ1n) is 11.1. The first-order chi connectivity index (χ1) is 15.5. The molecule has 0 aliphatic rings. The normalized spacial score (nSPS) is 12.0. The first kappa shape index (κ1) is 19.0. The Labute approximate surface area is 186 Å². The lowest BCUT2D eigenvalue weighted by atomic mass is 9.94. The monoisotopic (exact) mass is 417 g/mol. The minimum Gasteiger partial charge on any atom is -0.453 e. The third-order valence-corrected chi connectivity index (χ3v) is 6.64. The standard InChI is InChI=1S/C29H25N2O/c1-17(2)19-10-12-22-20(15-19)13-14-31(4)27(22)25-18(3)9-11-24-26-29(32-28(24)25)23-8-6-5-7-21(23)16-30-26/h5-17H,1-4H3/q+1. The fourth-order valence-corrected chi connectivity index (χ4v) is 4.86. The van der Waals surface area contributed by atoms with Crippen LogP contribution in [0.2, 0.25) is 0 Å². The number of hydrogen-bond acceptors (Lipinski definition) is 2. The van der Waals surface area contributed by atoms with Crippen molar-refractivity contribution in [3.05, 3.63) is 84.2 Å².